The van der Waals surface area contributed by atoms with Gasteiger partial charge in [-0.3, -0.25) is 4.79 Å². The van der Waals surface area contributed by atoms with Gasteiger partial charge in [-0.25, -0.2) is 0 Å². The molecule has 1 aliphatic rings. The SMILES string of the molecule is CCc1ccccc1NC(=O)C1CCC(OC)CC1. The van der Waals surface area contributed by atoms with Crippen LogP contribution >= 0.6 is 0 Å². The maximum absolute atomic E-state index is 12.3. The number of rotatable bonds is 4. The zero-order chi connectivity index (χ0) is 13.7. The molecule has 0 unspecified atom stereocenters. The van der Waals surface area contributed by atoms with Gasteiger partial charge in [0, 0.05) is 18.7 Å². The molecule has 1 saturated carbocycles. The lowest BCUT2D eigenvalue weighted by Crippen LogP contribution is -2.29. The van der Waals surface area contributed by atoms with Gasteiger partial charge in [0.15, 0.2) is 0 Å². The van der Waals surface area contributed by atoms with Crippen molar-refractivity contribution in [3.63, 3.8) is 0 Å². The maximum atomic E-state index is 12.3. The number of carbonyl (C=O) groups excluding carboxylic acids is 1. The Balaban J connectivity index is 1.94. The Morgan fingerprint density at radius 1 is 1.26 bits per heavy atom. The molecule has 0 heterocycles. The molecular weight excluding hydrogens is 238 g/mol. The van der Waals surface area contributed by atoms with Crippen molar-refractivity contribution in [2.45, 2.75) is 45.1 Å². The van der Waals surface area contributed by atoms with Gasteiger partial charge in [0.05, 0.1) is 6.10 Å². The second kappa shape index (κ2) is 6.71. The number of para-hydroxylation sites is 1. The quantitative estimate of drug-likeness (QED) is 0.902. The van der Waals surface area contributed by atoms with Gasteiger partial charge in [0.1, 0.15) is 0 Å². The predicted molar refractivity (Wildman–Crippen MR) is 77.2 cm³/mol. The Kier molecular flexibility index (Phi) is 4.97. The average Bonchev–Trinajstić information content (AvgIpc) is 2.48. The molecule has 0 radical (unpaired) electrons. The summed E-state index contributed by atoms with van der Waals surface area (Å²) in [7, 11) is 1.75. The number of nitrogens with one attached hydrogen (secondary N) is 1. The maximum Gasteiger partial charge on any atom is 0.227 e. The van der Waals surface area contributed by atoms with E-state index in [9.17, 15) is 4.79 Å². The van der Waals surface area contributed by atoms with Crippen LogP contribution in [0.15, 0.2) is 24.3 Å². The van der Waals surface area contributed by atoms with Gasteiger partial charge in [0.25, 0.3) is 0 Å². The van der Waals surface area contributed by atoms with E-state index in [1.165, 1.54) is 5.56 Å². The summed E-state index contributed by atoms with van der Waals surface area (Å²) in [5, 5.41) is 3.08. The third-order valence-corrected chi connectivity index (χ3v) is 4.03. The van der Waals surface area contributed by atoms with Crippen LogP contribution in [-0.4, -0.2) is 19.1 Å². The zero-order valence-electron chi connectivity index (χ0n) is 11.8. The Bertz CT molecular complexity index is 423. The van der Waals surface area contributed by atoms with Crippen molar-refractivity contribution in [3.8, 4) is 0 Å². The summed E-state index contributed by atoms with van der Waals surface area (Å²) in [6.07, 6.45) is 5.12. The predicted octanol–water partition coefficient (Wildman–Crippen LogP) is 3.39. The first-order chi connectivity index (χ1) is 9.24. The Morgan fingerprint density at radius 2 is 1.95 bits per heavy atom. The van der Waals surface area contributed by atoms with Crippen molar-refractivity contribution in [1.29, 1.82) is 0 Å². The van der Waals surface area contributed by atoms with E-state index < -0.39 is 0 Å². The molecule has 3 heteroatoms. The molecule has 104 valence electrons. The number of hydrogen-bond donors (Lipinski definition) is 1. The third kappa shape index (κ3) is 3.57. The summed E-state index contributed by atoms with van der Waals surface area (Å²) < 4.78 is 5.34. The third-order valence-electron chi connectivity index (χ3n) is 4.03. The van der Waals surface area contributed by atoms with Crippen LogP contribution in [0.5, 0.6) is 0 Å². The lowest BCUT2D eigenvalue weighted by atomic mass is 9.86. The van der Waals surface area contributed by atoms with Gasteiger partial charge >= 0.3 is 0 Å². The van der Waals surface area contributed by atoms with Crippen molar-refractivity contribution < 1.29 is 9.53 Å². The van der Waals surface area contributed by atoms with Crippen molar-refractivity contribution in [1.82, 2.24) is 0 Å². The molecule has 0 spiro atoms. The number of carbonyl (C=O) groups is 1. The number of anilines is 1. The number of methoxy groups -OCH3 is 1. The fraction of sp³-hybridized carbons (Fsp3) is 0.562. The standard InChI is InChI=1S/C16H23NO2/c1-3-12-6-4-5-7-15(12)17-16(18)13-8-10-14(19-2)11-9-13/h4-7,13-14H,3,8-11H2,1-2H3,(H,17,18). The molecule has 1 aromatic carbocycles. The molecule has 0 aliphatic heterocycles. The molecule has 1 fully saturated rings. The first-order valence-electron chi connectivity index (χ1n) is 7.16. The second-order valence-electron chi connectivity index (χ2n) is 5.21. The molecule has 19 heavy (non-hydrogen) atoms. The van der Waals surface area contributed by atoms with Gasteiger partial charge in [-0.1, -0.05) is 25.1 Å². The molecule has 0 aromatic heterocycles. The molecular formula is C16H23NO2. The highest BCUT2D eigenvalue weighted by Crippen LogP contribution is 2.27. The highest BCUT2D eigenvalue weighted by Gasteiger charge is 2.26. The van der Waals surface area contributed by atoms with Gasteiger partial charge in [-0.15, -0.1) is 0 Å². The van der Waals surface area contributed by atoms with Crippen LogP contribution in [0.3, 0.4) is 0 Å². The number of amides is 1. The van der Waals surface area contributed by atoms with E-state index in [-0.39, 0.29) is 11.8 Å². The van der Waals surface area contributed by atoms with Gasteiger partial charge < -0.3 is 10.1 Å². The fourth-order valence-corrected chi connectivity index (χ4v) is 2.75. The molecule has 2 rings (SSSR count). The molecule has 0 saturated heterocycles. The van der Waals surface area contributed by atoms with E-state index in [0.717, 1.165) is 37.8 Å². The molecule has 1 amide bonds. The minimum Gasteiger partial charge on any atom is -0.381 e. The van der Waals surface area contributed by atoms with Crippen LogP contribution in [0.1, 0.15) is 38.2 Å². The highest BCUT2D eigenvalue weighted by molar-refractivity contribution is 5.93. The normalized spacial score (nSPS) is 23.1. The summed E-state index contributed by atoms with van der Waals surface area (Å²) >= 11 is 0. The van der Waals surface area contributed by atoms with Crippen molar-refractivity contribution in [2.75, 3.05) is 12.4 Å². The van der Waals surface area contributed by atoms with Gasteiger partial charge in [-0.2, -0.15) is 0 Å². The van der Waals surface area contributed by atoms with Crippen LogP contribution in [0.4, 0.5) is 5.69 Å². The van der Waals surface area contributed by atoms with E-state index in [1.807, 2.05) is 18.2 Å². The molecule has 0 bridgehead atoms. The highest BCUT2D eigenvalue weighted by atomic mass is 16.5. The molecule has 3 nitrogen and oxygen atoms in total. The van der Waals surface area contributed by atoms with Crippen molar-refractivity contribution in [3.05, 3.63) is 29.8 Å². The van der Waals surface area contributed by atoms with E-state index in [0.29, 0.717) is 6.10 Å². The summed E-state index contributed by atoms with van der Waals surface area (Å²) in [6, 6.07) is 8.03. The van der Waals surface area contributed by atoms with Gasteiger partial charge in [-0.05, 0) is 43.7 Å². The summed E-state index contributed by atoms with van der Waals surface area (Å²) in [5.74, 6) is 0.298. The zero-order valence-corrected chi connectivity index (χ0v) is 11.8. The molecule has 1 aromatic rings. The van der Waals surface area contributed by atoms with Crippen LogP contribution < -0.4 is 5.32 Å². The van der Waals surface area contributed by atoms with E-state index >= 15 is 0 Å². The lowest BCUT2D eigenvalue weighted by Gasteiger charge is -2.27. The average molecular weight is 261 g/mol. The van der Waals surface area contributed by atoms with Crippen LogP contribution in [-0.2, 0) is 16.0 Å². The number of benzene rings is 1. The first-order valence-corrected chi connectivity index (χ1v) is 7.16. The lowest BCUT2D eigenvalue weighted by molar-refractivity contribution is -0.121. The largest absolute Gasteiger partial charge is 0.381 e. The summed E-state index contributed by atoms with van der Waals surface area (Å²) in [6.45, 7) is 2.11. The van der Waals surface area contributed by atoms with E-state index in [2.05, 4.69) is 18.3 Å². The van der Waals surface area contributed by atoms with E-state index in [1.54, 1.807) is 7.11 Å². The Hall–Kier alpha value is -1.35. The Labute approximate surface area is 115 Å². The Morgan fingerprint density at radius 3 is 2.58 bits per heavy atom. The van der Waals surface area contributed by atoms with Crippen LogP contribution in [0.25, 0.3) is 0 Å². The molecule has 1 aliphatic carbocycles. The smallest absolute Gasteiger partial charge is 0.227 e. The van der Waals surface area contributed by atoms with Crippen LogP contribution in [0, 0.1) is 5.92 Å². The van der Waals surface area contributed by atoms with Crippen molar-refractivity contribution in [2.24, 2.45) is 5.92 Å². The molecule has 1 N–H and O–H groups in total. The monoisotopic (exact) mass is 261 g/mol. The summed E-state index contributed by atoms with van der Waals surface area (Å²) in [4.78, 5) is 12.3. The fourth-order valence-electron chi connectivity index (χ4n) is 2.75. The summed E-state index contributed by atoms with van der Waals surface area (Å²) in [5.41, 5.74) is 2.16. The minimum absolute atomic E-state index is 0.135. The number of aryl methyl sites for hydroxylation is 1. The van der Waals surface area contributed by atoms with Crippen LogP contribution in [0.2, 0.25) is 0 Å². The van der Waals surface area contributed by atoms with Gasteiger partial charge in [0.2, 0.25) is 5.91 Å². The molecule has 0 atom stereocenters. The van der Waals surface area contributed by atoms with Crippen molar-refractivity contribution >= 4 is 11.6 Å². The number of hydrogen-bond acceptors (Lipinski definition) is 2. The number of ether oxygens (including phenoxy) is 1. The first kappa shape index (κ1) is 14.1. The minimum atomic E-state index is 0.135. The second-order valence-corrected chi connectivity index (χ2v) is 5.21. The topological polar surface area (TPSA) is 38.3 Å². The van der Waals surface area contributed by atoms with E-state index in [4.69, 9.17) is 4.74 Å².